The highest BCUT2D eigenvalue weighted by Gasteiger charge is 2.38. The largest absolute Gasteiger partial charge is 0.333 e. The first kappa shape index (κ1) is 14.6. The van der Waals surface area contributed by atoms with Crippen molar-refractivity contribution in [3.8, 4) is 0 Å². The number of imide groups is 1. The van der Waals surface area contributed by atoms with Gasteiger partial charge in [-0.15, -0.1) is 0 Å². The fourth-order valence-electron chi connectivity index (χ4n) is 1.91. The summed E-state index contributed by atoms with van der Waals surface area (Å²) >= 11 is 1.71. The van der Waals surface area contributed by atoms with Crippen molar-refractivity contribution in [1.29, 1.82) is 0 Å². The molecule has 5 nitrogen and oxygen atoms in total. The van der Waals surface area contributed by atoms with Crippen molar-refractivity contribution in [3.05, 3.63) is 35.4 Å². The zero-order valence-electron chi connectivity index (χ0n) is 11.1. The second kappa shape index (κ2) is 6.56. The third-order valence-corrected chi connectivity index (χ3v) is 3.63. The van der Waals surface area contributed by atoms with Gasteiger partial charge in [-0.1, -0.05) is 17.2 Å². The smallest absolute Gasteiger partial charge is 0.330 e. The van der Waals surface area contributed by atoms with Crippen molar-refractivity contribution in [3.63, 3.8) is 0 Å². The molecule has 0 fully saturated rings. The van der Waals surface area contributed by atoms with Crippen LogP contribution in [-0.4, -0.2) is 34.9 Å². The van der Waals surface area contributed by atoms with Gasteiger partial charge in [-0.25, -0.2) is 4.79 Å². The SMILES string of the molecule is CSCCCCC(=O)ON1C(=O)c2ccccc2C1=O. The minimum absolute atomic E-state index is 0.202. The van der Waals surface area contributed by atoms with E-state index >= 15 is 0 Å². The molecular formula is C14H15NO4S. The van der Waals surface area contributed by atoms with Crippen molar-refractivity contribution >= 4 is 29.5 Å². The molecule has 1 aliphatic heterocycles. The molecule has 0 aliphatic carbocycles. The molecule has 0 bridgehead atoms. The standard InChI is InChI=1S/C14H15NO4S/c1-20-9-5-4-8-12(16)19-15-13(17)10-6-2-3-7-11(10)14(15)18/h2-3,6-7H,4-5,8-9H2,1H3. The van der Waals surface area contributed by atoms with Crippen LogP contribution in [0.4, 0.5) is 0 Å². The lowest BCUT2D eigenvalue weighted by Gasteiger charge is -2.12. The fraction of sp³-hybridized carbons (Fsp3) is 0.357. The van der Waals surface area contributed by atoms with Gasteiger partial charge in [-0.05, 0) is 37.0 Å². The zero-order valence-corrected chi connectivity index (χ0v) is 11.9. The van der Waals surface area contributed by atoms with Crippen molar-refractivity contribution in [2.24, 2.45) is 0 Å². The molecule has 0 saturated heterocycles. The maximum absolute atomic E-state index is 11.9. The maximum Gasteiger partial charge on any atom is 0.333 e. The second-order valence-electron chi connectivity index (χ2n) is 4.36. The Kier molecular flexibility index (Phi) is 4.79. The number of amides is 2. The number of carbonyl (C=O) groups excluding carboxylic acids is 3. The summed E-state index contributed by atoms with van der Waals surface area (Å²) in [7, 11) is 0. The summed E-state index contributed by atoms with van der Waals surface area (Å²) < 4.78 is 0. The Balaban J connectivity index is 1.93. The van der Waals surface area contributed by atoms with E-state index < -0.39 is 17.8 Å². The highest BCUT2D eigenvalue weighted by atomic mass is 32.2. The molecule has 0 spiro atoms. The molecule has 1 aromatic rings. The van der Waals surface area contributed by atoms with Crippen molar-refractivity contribution in [1.82, 2.24) is 5.06 Å². The maximum atomic E-state index is 11.9. The van der Waals surface area contributed by atoms with Crippen LogP contribution in [0.3, 0.4) is 0 Å². The first-order chi connectivity index (χ1) is 9.65. The van der Waals surface area contributed by atoms with Gasteiger partial charge in [0.25, 0.3) is 11.8 Å². The van der Waals surface area contributed by atoms with Crippen LogP contribution < -0.4 is 0 Å². The summed E-state index contributed by atoms with van der Waals surface area (Å²) in [6, 6.07) is 6.42. The van der Waals surface area contributed by atoms with Gasteiger partial charge < -0.3 is 4.84 Å². The van der Waals surface area contributed by atoms with E-state index in [1.807, 2.05) is 6.26 Å². The summed E-state index contributed by atoms with van der Waals surface area (Å²) in [4.78, 5) is 40.4. The van der Waals surface area contributed by atoms with Crippen LogP contribution in [0.25, 0.3) is 0 Å². The molecule has 20 heavy (non-hydrogen) atoms. The van der Waals surface area contributed by atoms with E-state index in [4.69, 9.17) is 4.84 Å². The number of hydroxylamine groups is 2. The molecule has 0 atom stereocenters. The second-order valence-corrected chi connectivity index (χ2v) is 5.35. The number of thioether (sulfide) groups is 1. The van der Waals surface area contributed by atoms with Crippen LogP contribution in [0, 0.1) is 0 Å². The summed E-state index contributed by atoms with van der Waals surface area (Å²) in [6.45, 7) is 0. The lowest BCUT2D eigenvalue weighted by atomic mass is 10.1. The minimum atomic E-state index is -0.580. The molecule has 1 aromatic carbocycles. The number of rotatable bonds is 6. The number of carbonyl (C=O) groups is 3. The lowest BCUT2D eigenvalue weighted by Crippen LogP contribution is -2.32. The average molecular weight is 293 g/mol. The van der Waals surface area contributed by atoms with Crippen LogP contribution in [0.1, 0.15) is 40.0 Å². The van der Waals surface area contributed by atoms with E-state index in [9.17, 15) is 14.4 Å². The molecular weight excluding hydrogens is 278 g/mol. The van der Waals surface area contributed by atoms with Gasteiger partial charge in [0.1, 0.15) is 0 Å². The van der Waals surface area contributed by atoms with Crippen molar-refractivity contribution in [2.45, 2.75) is 19.3 Å². The van der Waals surface area contributed by atoms with Crippen LogP contribution in [0.15, 0.2) is 24.3 Å². The number of nitrogens with zero attached hydrogens (tertiary/aromatic N) is 1. The van der Waals surface area contributed by atoms with E-state index in [2.05, 4.69) is 0 Å². The Hall–Kier alpha value is -1.82. The highest BCUT2D eigenvalue weighted by Crippen LogP contribution is 2.22. The first-order valence-corrected chi connectivity index (χ1v) is 7.72. The van der Waals surface area contributed by atoms with Crippen LogP contribution in [-0.2, 0) is 9.63 Å². The number of unbranched alkanes of at least 4 members (excludes halogenated alkanes) is 1. The lowest BCUT2D eigenvalue weighted by molar-refractivity contribution is -0.168. The Labute approximate surface area is 121 Å². The van der Waals surface area contributed by atoms with Gasteiger partial charge in [0.15, 0.2) is 0 Å². The zero-order chi connectivity index (χ0) is 14.5. The predicted octanol–water partition coefficient (Wildman–Crippen LogP) is 2.27. The van der Waals surface area contributed by atoms with Gasteiger partial charge in [-0.2, -0.15) is 11.8 Å². The molecule has 0 unspecified atom stereocenters. The van der Waals surface area contributed by atoms with Gasteiger partial charge in [0, 0.05) is 6.42 Å². The number of hydrogen-bond acceptors (Lipinski definition) is 5. The molecule has 1 aliphatic rings. The molecule has 6 heteroatoms. The number of benzene rings is 1. The van der Waals surface area contributed by atoms with Gasteiger partial charge in [0.2, 0.25) is 0 Å². The average Bonchev–Trinajstić information content (AvgIpc) is 2.69. The number of fused-ring (bicyclic) bond motifs is 1. The summed E-state index contributed by atoms with van der Waals surface area (Å²) in [5.74, 6) is -0.743. The van der Waals surface area contributed by atoms with Crippen molar-refractivity contribution in [2.75, 3.05) is 12.0 Å². The van der Waals surface area contributed by atoms with Gasteiger partial charge in [-0.3, -0.25) is 9.59 Å². The Bertz CT molecular complexity index is 509. The fourth-order valence-corrected chi connectivity index (χ4v) is 2.41. The van der Waals surface area contributed by atoms with Gasteiger partial charge in [0.05, 0.1) is 11.1 Å². The van der Waals surface area contributed by atoms with Crippen LogP contribution in [0.5, 0.6) is 0 Å². The Morgan fingerprint density at radius 1 is 1.15 bits per heavy atom. The first-order valence-electron chi connectivity index (χ1n) is 6.32. The molecule has 2 amide bonds. The van der Waals surface area contributed by atoms with Crippen LogP contribution in [0.2, 0.25) is 0 Å². The quantitative estimate of drug-likeness (QED) is 0.594. The predicted molar refractivity (Wildman–Crippen MR) is 75.3 cm³/mol. The monoisotopic (exact) mass is 293 g/mol. The van der Waals surface area contributed by atoms with E-state index in [0.29, 0.717) is 11.5 Å². The third kappa shape index (κ3) is 3.01. The molecule has 1 heterocycles. The molecule has 0 aromatic heterocycles. The van der Waals surface area contributed by atoms with E-state index in [-0.39, 0.29) is 17.5 Å². The van der Waals surface area contributed by atoms with E-state index in [1.54, 1.807) is 36.0 Å². The highest BCUT2D eigenvalue weighted by molar-refractivity contribution is 7.98. The molecule has 106 valence electrons. The third-order valence-electron chi connectivity index (χ3n) is 2.93. The summed E-state index contributed by atoms with van der Waals surface area (Å²) in [6.07, 6.45) is 3.78. The minimum Gasteiger partial charge on any atom is -0.330 e. The van der Waals surface area contributed by atoms with Crippen molar-refractivity contribution < 1.29 is 19.2 Å². The Morgan fingerprint density at radius 2 is 1.75 bits per heavy atom. The topological polar surface area (TPSA) is 63.7 Å². The van der Waals surface area contributed by atoms with E-state index in [1.165, 1.54) is 0 Å². The molecule has 2 rings (SSSR count). The normalized spacial score (nSPS) is 13.6. The molecule has 0 saturated carbocycles. The van der Waals surface area contributed by atoms with Gasteiger partial charge >= 0.3 is 5.97 Å². The summed E-state index contributed by atoms with van der Waals surface area (Å²) in [5, 5.41) is 0.557. The Morgan fingerprint density at radius 3 is 2.30 bits per heavy atom. The number of hydrogen-bond donors (Lipinski definition) is 0. The van der Waals surface area contributed by atoms with Crippen LogP contribution >= 0.6 is 11.8 Å². The molecule has 0 N–H and O–H groups in total. The summed E-state index contributed by atoms with van der Waals surface area (Å²) in [5.41, 5.74) is 0.542. The molecule has 0 radical (unpaired) electrons. The van der Waals surface area contributed by atoms with E-state index in [0.717, 1.165) is 12.2 Å².